The number of nitrogens with zero attached hydrogens (tertiary/aromatic N) is 1. The molecule has 1 aromatic carbocycles. The fourth-order valence-electron chi connectivity index (χ4n) is 2.31. The van der Waals surface area contributed by atoms with Gasteiger partial charge in [0.1, 0.15) is 11.4 Å². The summed E-state index contributed by atoms with van der Waals surface area (Å²) in [4.78, 5) is 18.9. The fourth-order valence-corrected chi connectivity index (χ4v) is 2.31. The predicted molar refractivity (Wildman–Crippen MR) is 94.3 cm³/mol. The van der Waals surface area contributed by atoms with E-state index >= 15 is 0 Å². The first kappa shape index (κ1) is 16.9. The minimum absolute atomic E-state index is 0.0759. The number of hydrogen-bond acceptors (Lipinski definition) is 4. The number of pyridine rings is 1. The van der Waals surface area contributed by atoms with Gasteiger partial charge in [0.25, 0.3) is 0 Å². The zero-order valence-corrected chi connectivity index (χ0v) is 14.0. The lowest BCUT2D eigenvalue weighted by atomic mass is 10.2. The van der Waals surface area contributed by atoms with Crippen molar-refractivity contribution in [2.45, 2.75) is 19.9 Å². The molecule has 0 radical (unpaired) electrons. The second-order valence-corrected chi connectivity index (χ2v) is 5.88. The Balaban J connectivity index is 1.72. The molecule has 7 heteroatoms. The summed E-state index contributed by atoms with van der Waals surface area (Å²) in [5.41, 5.74) is 1.04. The third-order valence-corrected chi connectivity index (χ3v) is 3.53. The van der Waals surface area contributed by atoms with Gasteiger partial charge in [0.2, 0.25) is 5.91 Å². The molecule has 0 bridgehead atoms. The van der Waals surface area contributed by atoms with Crippen molar-refractivity contribution in [3.8, 4) is 11.5 Å². The Labute approximate surface area is 144 Å². The van der Waals surface area contributed by atoms with Gasteiger partial charge in [-0.25, -0.2) is 9.37 Å². The molecule has 0 aliphatic heterocycles. The van der Waals surface area contributed by atoms with Gasteiger partial charge in [-0.15, -0.1) is 0 Å². The average Bonchev–Trinajstić information content (AvgIpc) is 3.05. The standard InChI is InChI=1S/C18H19FN4O2/c1-11(2)22-10-17(24)23-12-3-4-16(14(19)9-12)25-15-6-8-21-18-13(15)5-7-20-18/h3-9,11,22H,10H2,1-2H3,(H,20,21)(H,23,24). The fraction of sp³-hybridized carbons (Fsp3) is 0.222. The number of H-pyrrole nitrogens is 1. The SMILES string of the molecule is CC(C)NCC(=O)Nc1ccc(Oc2ccnc3[nH]ccc23)c(F)c1. The van der Waals surface area contributed by atoms with E-state index in [9.17, 15) is 9.18 Å². The first-order valence-electron chi connectivity index (χ1n) is 7.95. The maximum atomic E-state index is 14.3. The van der Waals surface area contributed by atoms with Gasteiger partial charge in [0, 0.05) is 30.2 Å². The second-order valence-electron chi connectivity index (χ2n) is 5.88. The number of aromatic amines is 1. The van der Waals surface area contributed by atoms with Gasteiger partial charge in [-0.2, -0.15) is 0 Å². The van der Waals surface area contributed by atoms with E-state index in [1.165, 1.54) is 12.1 Å². The molecule has 25 heavy (non-hydrogen) atoms. The normalized spacial score (nSPS) is 11.0. The van der Waals surface area contributed by atoms with E-state index in [1.807, 2.05) is 19.9 Å². The van der Waals surface area contributed by atoms with Crippen LogP contribution in [0.15, 0.2) is 42.7 Å². The van der Waals surface area contributed by atoms with E-state index in [0.29, 0.717) is 17.1 Å². The molecule has 0 aliphatic carbocycles. The third kappa shape index (κ3) is 4.13. The molecule has 2 heterocycles. The minimum Gasteiger partial charge on any atom is -0.453 e. The van der Waals surface area contributed by atoms with Crippen molar-refractivity contribution in [3.63, 3.8) is 0 Å². The average molecular weight is 342 g/mol. The summed E-state index contributed by atoms with van der Waals surface area (Å²) in [6.07, 6.45) is 3.33. The molecule has 3 N–H and O–H groups in total. The lowest BCUT2D eigenvalue weighted by molar-refractivity contribution is -0.115. The number of amides is 1. The molecule has 0 fully saturated rings. The highest BCUT2D eigenvalue weighted by Crippen LogP contribution is 2.30. The van der Waals surface area contributed by atoms with Gasteiger partial charge < -0.3 is 20.4 Å². The van der Waals surface area contributed by atoms with Crippen LogP contribution in [0, 0.1) is 5.82 Å². The van der Waals surface area contributed by atoms with Crippen molar-refractivity contribution in [2.24, 2.45) is 0 Å². The largest absolute Gasteiger partial charge is 0.453 e. The van der Waals surface area contributed by atoms with E-state index < -0.39 is 5.82 Å². The number of halogens is 1. The van der Waals surface area contributed by atoms with Crippen molar-refractivity contribution in [3.05, 3.63) is 48.5 Å². The molecule has 0 saturated carbocycles. The molecule has 130 valence electrons. The van der Waals surface area contributed by atoms with Crippen LogP contribution in [-0.4, -0.2) is 28.5 Å². The number of anilines is 1. The predicted octanol–water partition coefficient (Wildman–Crippen LogP) is 3.43. The van der Waals surface area contributed by atoms with Crippen molar-refractivity contribution >= 4 is 22.6 Å². The monoisotopic (exact) mass is 342 g/mol. The number of rotatable bonds is 6. The van der Waals surface area contributed by atoms with Gasteiger partial charge in [-0.1, -0.05) is 13.8 Å². The number of nitrogens with one attached hydrogen (secondary N) is 3. The molecule has 3 aromatic rings. The summed E-state index contributed by atoms with van der Waals surface area (Å²) in [7, 11) is 0. The Hall–Kier alpha value is -2.93. The molecular formula is C18H19FN4O2. The summed E-state index contributed by atoms with van der Waals surface area (Å²) >= 11 is 0. The Bertz CT molecular complexity index is 892. The number of ether oxygens (including phenoxy) is 1. The van der Waals surface area contributed by atoms with Crippen LogP contribution in [0.4, 0.5) is 10.1 Å². The first-order chi connectivity index (χ1) is 12.0. The van der Waals surface area contributed by atoms with Gasteiger partial charge in [-0.05, 0) is 24.3 Å². The quantitative estimate of drug-likeness (QED) is 0.641. The summed E-state index contributed by atoms with van der Waals surface area (Å²) in [6, 6.07) is 8.00. The number of benzene rings is 1. The topological polar surface area (TPSA) is 79.0 Å². The van der Waals surface area contributed by atoms with Crippen LogP contribution >= 0.6 is 0 Å². The summed E-state index contributed by atoms with van der Waals surface area (Å²) in [6.45, 7) is 4.05. The number of fused-ring (bicyclic) bond motifs is 1. The zero-order valence-electron chi connectivity index (χ0n) is 14.0. The van der Waals surface area contributed by atoms with Crippen LogP contribution in [0.1, 0.15) is 13.8 Å². The Morgan fingerprint density at radius 3 is 2.88 bits per heavy atom. The summed E-state index contributed by atoms with van der Waals surface area (Å²) in [5, 5.41) is 6.40. The van der Waals surface area contributed by atoms with Crippen molar-refractivity contribution in [1.29, 1.82) is 0 Å². The molecule has 0 unspecified atom stereocenters. The van der Waals surface area contributed by atoms with Crippen molar-refractivity contribution in [2.75, 3.05) is 11.9 Å². The molecule has 2 aromatic heterocycles. The maximum Gasteiger partial charge on any atom is 0.238 e. The Morgan fingerprint density at radius 1 is 1.28 bits per heavy atom. The minimum atomic E-state index is -0.560. The van der Waals surface area contributed by atoms with E-state index in [0.717, 1.165) is 5.39 Å². The molecule has 0 spiro atoms. The molecule has 0 saturated heterocycles. The van der Waals surface area contributed by atoms with Gasteiger partial charge >= 0.3 is 0 Å². The Kier molecular flexibility index (Phi) is 4.95. The Morgan fingerprint density at radius 2 is 2.12 bits per heavy atom. The molecule has 6 nitrogen and oxygen atoms in total. The van der Waals surface area contributed by atoms with E-state index in [4.69, 9.17) is 4.74 Å². The highest BCUT2D eigenvalue weighted by molar-refractivity contribution is 5.92. The third-order valence-electron chi connectivity index (χ3n) is 3.53. The van der Waals surface area contributed by atoms with Crippen LogP contribution in [-0.2, 0) is 4.79 Å². The summed E-state index contributed by atoms with van der Waals surface area (Å²) < 4.78 is 20.0. The number of carbonyl (C=O) groups excluding carboxylic acids is 1. The second kappa shape index (κ2) is 7.31. The van der Waals surface area contributed by atoms with E-state index in [-0.39, 0.29) is 24.2 Å². The van der Waals surface area contributed by atoms with Crippen LogP contribution in [0.3, 0.4) is 0 Å². The number of hydrogen-bond donors (Lipinski definition) is 3. The van der Waals surface area contributed by atoms with Crippen molar-refractivity contribution in [1.82, 2.24) is 15.3 Å². The van der Waals surface area contributed by atoms with Crippen LogP contribution in [0.5, 0.6) is 11.5 Å². The molecule has 0 atom stereocenters. The van der Waals surface area contributed by atoms with Gasteiger partial charge in [0.15, 0.2) is 11.6 Å². The number of carbonyl (C=O) groups is 1. The summed E-state index contributed by atoms with van der Waals surface area (Å²) in [5.74, 6) is -0.213. The van der Waals surface area contributed by atoms with Gasteiger partial charge in [-0.3, -0.25) is 4.79 Å². The van der Waals surface area contributed by atoms with Crippen LogP contribution in [0.2, 0.25) is 0 Å². The highest BCUT2D eigenvalue weighted by atomic mass is 19.1. The lowest BCUT2D eigenvalue weighted by Gasteiger charge is -2.11. The molecule has 1 amide bonds. The maximum absolute atomic E-state index is 14.3. The smallest absolute Gasteiger partial charge is 0.238 e. The molecule has 3 rings (SSSR count). The number of aromatic nitrogens is 2. The van der Waals surface area contributed by atoms with Crippen LogP contribution < -0.4 is 15.4 Å². The van der Waals surface area contributed by atoms with E-state index in [2.05, 4.69) is 20.6 Å². The zero-order chi connectivity index (χ0) is 17.8. The van der Waals surface area contributed by atoms with Crippen LogP contribution in [0.25, 0.3) is 11.0 Å². The first-order valence-corrected chi connectivity index (χ1v) is 7.95. The highest BCUT2D eigenvalue weighted by Gasteiger charge is 2.11. The van der Waals surface area contributed by atoms with E-state index in [1.54, 1.807) is 24.5 Å². The molecule has 0 aliphatic rings. The lowest BCUT2D eigenvalue weighted by Crippen LogP contribution is -2.32. The molecular weight excluding hydrogens is 323 g/mol. The van der Waals surface area contributed by atoms with Crippen molar-refractivity contribution < 1.29 is 13.9 Å². The van der Waals surface area contributed by atoms with Gasteiger partial charge in [0.05, 0.1) is 11.9 Å².